The van der Waals surface area contributed by atoms with Crippen molar-refractivity contribution in [1.82, 2.24) is 10.2 Å². The molecule has 7 nitrogen and oxygen atoms in total. The van der Waals surface area contributed by atoms with Gasteiger partial charge in [-0.2, -0.15) is 0 Å². The van der Waals surface area contributed by atoms with Crippen LogP contribution in [-0.2, 0) is 32.6 Å². The minimum Gasteiger partial charge on any atom is -0.379 e. The Labute approximate surface area is 178 Å². The van der Waals surface area contributed by atoms with E-state index in [1.807, 2.05) is 12.1 Å². The first-order chi connectivity index (χ1) is 14.3. The summed E-state index contributed by atoms with van der Waals surface area (Å²) in [4.78, 5) is 15.0. The molecule has 2 aromatic rings. The van der Waals surface area contributed by atoms with Gasteiger partial charge in [0.1, 0.15) is 6.04 Å². The molecular weight excluding hydrogens is 402 g/mol. The van der Waals surface area contributed by atoms with Crippen LogP contribution in [0.15, 0.2) is 54.6 Å². The number of carbonyl (C=O) groups excluding carboxylic acids is 1. The molecule has 2 aromatic carbocycles. The zero-order valence-corrected chi connectivity index (χ0v) is 18.3. The molecule has 0 aliphatic carbocycles. The van der Waals surface area contributed by atoms with Crippen LogP contribution in [0.1, 0.15) is 18.1 Å². The highest BCUT2D eigenvalue weighted by atomic mass is 32.2. The molecule has 0 saturated carbocycles. The van der Waals surface area contributed by atoms with Gasteiger partial charge >= 0.3 is 0 Å². The second-order valence-electron chi connectivity index (χ2n) is 7.49. The van der Waals surface area contributed by atoms with Gasteiger partial charge in [-0.15, -0.1) is 0 Å². The number of nitrogens with one attached hydrogen (secondary N) is 1. The Bertz CT molecular complexity index is 927. The highest BCUT2D eigenvalue weighted by Crippen LogP contribution is 2.20. The summed E-state index contributed by atoms with van der Waals surface area (Å²) < 4.78 is 31.1. The average Bonchev–Trinajstić information content (AvgIpc) is 2.73. The van der Waals surface area contributed by atoms with E-state index in [1.165, 1.54) is 5.56 Å². The number of para-hydroxylation sites is 1. The van der Waals surface area contributed by atoms with Crippen LogP contribution in [-0.4, -0.2) is 57.8 Å². The molecular formula is C22H29N3O4S. The van der Waals surface area contributed by atoms with Crippen molar-refractivity contribution in [3.8, 4) is 0 Å². The molecule has 1 saturated heterocycles. The van der Waals surface area contributed by atoms with Crippen molar-refractivity contribution in [2.24, 2.45) is 0 Å². The fourth-order valence-corrected chi connectivity index (χ4v) is 4.68. The lowest BCUT2D eigenvalue weighted by atomic mass is 10.1. The van der Waals surface area contributed by atoms with Gasteiger partial charge in [0.2, 0.25) is 15.9 Å². The molecule has 0 bridgehead atoms. The summed E-state index contributed by atoms with van der Waals surface area (Å²) in [6, 6.07) is 15.9. The Hall–Kier alpha value is -2.42. The summed E-state index contributed by atoms with van der Waals surface area (Å²) in [6.45, 7) is 6.24. The summed E-state index contributed by atoms with van der Waals surface area (Å²) in [6.07, 6.45) is 1.11. The van der Waals surface area contributed by atoms with E-state index in [4.69, 9.17) is 4.74 Å². The summed E-state index contributed by atoms with van der Waals surface area (Å²) in [5.74, 6) is -0.346. The average molecular weight is 432 g/mol. The van der Waals surface area contributed by atoms with Crippen LogP contribution >= 0.6 is 0 Å². The summed E-state index contributed by atoms with van der Waals surface area (Å²) in [7, 11) is -3.61. The maximum atomic E-state index is 12.7. The number of hydrogen-bond acceptors (Lipinski definition) is 5. The lowest BCUT2D eigenvalue weighted by Gasteiger charge is -2.28. The molecule has 8 heteroatoms. The number of anilines is 1. The van der Waals surface area contributed by atoms with Gasteiger partial charge in [-0.1, -0.05) is 42.5 Å². The Morgan fingerprint density at radius 3 is 2.27 bits per heavy atom. The number of hydrogen-bond donors (Lipinski definition) is 1. The van der Waals surface area contributed by atoms with E-state index in [2.05, 4.69) is 22.3 Å². The number of benzene rings is 2. The minimum absolute atomic E-state index is 0.341. The highest BCUT2D eigenvalue weighted by Gasteiger charge is 2.28. The monoisotopic (exact) mass is 431 g/mol. The first kappa shape index (κ1) is 22.3. The smallest absolute Gasteiger partial charge is 0.243 e. The largest absolute Gasteiger partial charge is 0.379 e. The van der Waals surface area contributed by atoms with E-state index in [0.29, 0.717) is 12.2 Å². The molecule has 1 atom stereocenters. The fourth-order valence-electron chi connectivity index (χ4n) is 3.50. The van der Waals surface area contributed by atoms with Gasteiger partial charge in [0.25, 0.3) is 0 Å². The van der Waals surface area contributed by atoms with E-state index in [1.54, 1.807) is 37.3 Å². The van der Waals surface area contributed by atoms with E-state index in [-0.39, 0.29) is 5.91 Å². The van der Waals surface area contributed by atoms with Gasteiger partial charge in [0.05, 0.1) is 25.2 Å². The van der Waals surface area contributed by atoms with Crippen LogP contribution in [0.25, 0.3) is 0 Å². The molecule has 0 spiro atoms. The molecule has 0 radical (unpaired) electrons. The maximum absolute atomic E-state index is 12.7. The van der Waals surface area contributed by atoms with E-state index in [9.17, 15) is 13.2 Å². The predicted octanol–water partition coefficient (Wildman–Crippen LogP) is 1.99. The molecule has 3 rings (SSSR count). The third-order valence-electron chi connectivity index (χ3n) is 5.10. The number of morpholine rings is 1. The first-order valence-electron chi connectivity index (χ1n) is 10.0. The molecule has 0 aromatic heterocycles. The molecule has 30 heavy (non-hydrogen) atoms. The summed E-state index contributed by atoms with van der Waals surface area (Å²) in [5.41, 5.74) is 2.65. The normalized spacial score (nSPS) is 16.1. The number of nitrogens with zero attached hydrogens (tertiary/aromatic N) is 2. The third kappa shape index (κ3) is 6.04. The van der Waals surface area contributed by atoms with Crippen LogP contribution in [0.3, 0.4) is 0 Å². The quantitative estimate of drug-likeness (QED) is 0.692. The molecule has 0 unspecified atom stereocenters. The van der Waals surface area contributed by atoms with Gasteiger partial charge in [-0.3, -0.25) is 14.0 Å². The lowest BCUT2D eigenvalue weighted by molar-refractivity contribution is -0.122. The van der Waals surface area contributed by atoms with Crippen molar-refractivity contribution < 1.29 is 17.9 Å². The zero-order chi connectivity index (χ0) is 21.6. The van der Waals surface area contributed by atoms with Gasteiger partial charge in [-0.25, -0.2) is 8.42 Å². The highest BCUT2D eigenvalue weighted by molar-refractivity contribution is 7.92. The van der Waals surface area contributed by atoms with Crippen molar-refractivity contribution in [1.29, 1.82) is 0 Å². The molecule has 162 valence electrons. The van der Waals surface area contributed by atoms with Crippen molar-refractivity contribution in [3.63, 3.8) is 0 Å². The predicted molar refractivity (Wildman–Crippen MR) is 118 cm³/mol. The molecule has 1 amide bonds. The van der Waals surface area contributed by atoms with Gasteiger partial charge in [0.15, 0.2) is 0 Å². The van der Waals surface area contributed by atoms with E-state index in [0.717, 1.165) is 49.0 Å². The number of rotatable bonds is 8. The Morgan fingerprint density at radius 2 is 1.67 bits per heavy atom. The summed E-state index contributed by atoms with van der Waals surface area (Å²) in [5, 5.41) is 2.85. The standard InChI is InChI=1S/C22H29N3O4S/c1-18(25(30(2,27)28)21-6-4-3-5-7-21)22(26)23-16-19-8-10-20(11-9-19)17-24-12-14-29-15-13-24/h3-11,18H,12-17H2,1-2H3,(H,23,26)/t18-/m1/s1. The Kier molecular flexibility index (Phi) is 7.47. The van der Waals surface area contributed by atoms with Gasteiger partial charge in [-0.05, 0) is 30.2 Å². The Morgan fingerprint density at radius 1 is 1.07 bits per heavy atom. The van der Waals surface area contributed by atoms with Crippen LogP contribution in [0.5, 0.6) is 0 Å². The van der Waals surface area contributed by atoms with Crippen LogP contribution in [0.4, 0.5) is 5.69 Å². The van der Waals surface area contributed by atoms with Gasteiger partial charge in [0, 0.05) is 26.2 Å². The Balaban J connectivity index is 1.58. The SMILES string of the molecule is C[C@H](C(=O)NCc1ccc(CN2CCOCC2)cc1)N(c1ccccc1)S(C)(=O)=O. The number of ether oxygens (including phenoxy) is 1. The second-order valence-corrected chi connectivity index (χ2v) is 9.35. The van der Waals surface area contributed by atoms with Crippen LogP contribution < -0.4 is 9.62 Å². The minimum atomic E-state index is -3.61. The third-order valence-corrected chi connectivity index (χ3v) is 6.34. The van der Waals surface area contributed by atoms with Crippen LogP contribution in [0, 0.1) is 0 Å². The molecule has 1 N–H and O–H groups in total. The van der Waals surface area contributed by atoms with Crippen LogP contribution in [0.2, 0.25) is 0 Å². The topological polar surface area (TPSA) is 79.0 Å². The van der Waals surface area contributed by atoms with E-state index >= 15 is 0 Å². The summed E-state index contributed by atoms with van der Waals surface area (Å²) >= 11 is 0. The molecule has 1 aliphatic rings. The van der Waals surface area contributed by atoms with E-state index < -0.39 is 16.1 Å². The second kappa shape index (κ2) is 10.1. The van der Waals surface area contributed by atoms with Crippen molar-refractivity contribution in [2.75, 3.05) is 36.9 Å². The first-order valence-corrected chi connectivity index (χ1v) is 11.9. The molecule has 1 heterocycles. The molecule has 1 aliphatic heterocycles. The maximum Gasteiger partial charge on any atom is 0.243 e. The van der Waals surface area contributed by atoms with Crippen molar-refractivity contribution in [2.45, 2.75) is 26.1 Å². The number of carbonyl (C=O) groups is 1. The van der Waals surface area contributed by atoms with Crippen molar-refractivity contribution >= 4 is 21.6 Å². The van der Waals surface area contributed by atoms with Crippen molar-refractivity contribution in [3.05, 3.63) is 65.7 Å². The zero-order valence-electron chi connectivity index (χ0n) is 17.5. The lowest BCUT2D eigenvalue weighted by Crippen LogP contribution is -2.47. The number of amides is 1. The van der Waals surface area contributed by atoms with Gasteiger partial charge < -0.3 is 10.1 Å². The number of sulfonamides is 1. The molecule has 1 fully saturated rings. The fraction of sp³-hybridized carbons (Fsp3) is 0.409.